The van der Waals surface area contributed by atoms with Gasteiger partial charge in [0.05, 0.1) is 4.88 Å². The van der Waals surface area contributed by atoms with Gasteiger partial charge in [0.1, 0.15) is 6.04 Å². The molecule has 1 aromatic rings. The average molecular weight is 307 g/mol. The van der Waals surface area contributed by atoms with Crippen LogP contribution in [0.25, 0.3) is 0 Å². The molecular weight excluding hydrogens is 286 g/mol. The normalized spacial score (nSPS) is 29.0. The molecule has 1 aliphatic heterocycles. The molecule has 4 nitrogen and oxygen atoms in total. The molecule has 1 saturated carbocycles. The second kappa shape index (κ2) is 5.79. The van der Waals surface area contributed by atoms with E-state index in [-0.39, 0.29) is 11.9 Å². The highest BCUT2D eigenvalue weighted by Crippen LogP contribution is 2.39. The number of carboxylic acids is 1. The first-order chi connectivity index (χ1) is 10.1. The smallest absolute Gasteiger partial charge is 0.326 e. The van der Waals surface area contributed by atoms with E-state index in [1.807, 2.05) is 18.4 Å². The Hall–Kier alpha value is -1.36. The van der Waals surface area contributed by atoms with Crippen LogP contribution in [0.1, 0.15) is 53.8 Å². The topological polar surface area (TPSA) is 57.6 Å². The maximum absolute atomic E-state index is 12.9. The Labute approximate surface area is 128 Å². The van der Waals surface area contributed by atoms with E-state index in [0.29, 0.717) is 17.2 Å². The van der Waals surface area contributed by atoms with E-state index < -0.39 is 12.0 Å². The summed E-state index contributed by atoms with van der Waals surface area (Å²) in [7, 11) is 0. The van der Waals surface area contributed by atoms with Crippen LogP contribution in [0.5, 0.6) is 0 Å². The first-order valence-electron chi connectivity index (χ1n) is 7.69. The van der Waals surface area contributed by atoms with Crippen molar-refractivity contribution in [1.82, 2.24) is 4.90 Å². The number of rotatable bonds is 2. The highest BCUT2D eigenvalue weighted by atomic mass is 32.1. The number of carbonyl (C=O) groups excluding carboxylic acids is 1. The molecule has 2 fully saturated rings. The number of hydrogen-bond acceptors (Lipinski definition) is 3. The standard InChI is InChI=1S/C16H21NO3S/c1-10-8-9-21-14(10)15(18)17-12-5-3-2-4-11(12)6-7-13(17)16(19)20/h8-9,11-13H,2-7H2,1H3,(H,19,20). The van der Waals surface area contributed by atoms with E-state index in [0.717, 1.165) is 31.2 Å². The number of carbonyl (C=O) groups is 2. The van der Waals surface area contributed by atoms with Gasteiger partial charge in [0.15, 0.2) is 0 Å². The van der Waals surface area contributed by atoms with Crippen molar-refractivity contribution >= 4 is 23.2 Å². The highest BCUT2D eigenvalue weighted by Gasteiger charge is 2.44. The lowest BCUT2D eigenvalue weighted by Crippen LogP contribution is -2.57. The molecular formula is C16H21NO3S. The molecule has 0 aromatic carbocycles. The number of fused-ring (bicyclic) bond motifs is 1. The molecule has 3 atom stereocenters. The summed E-state index contributed by atoms with van der Waals surface area (Å²) < 4.78 is 0. The van der Waals surface area contributed by atoms with Crippen LogP contribution in [0.15, 0.2) is 11.4 Å². The quantitative estimate of drug-likeness (QED) is 0.912. The molecule has 3 unspecified atom stereocenters. The predicted octanol–water partition coefficient (Wildman–Crippen LogP) is 3.30. The number of piperidine rings is 1. The average Bonchev–Trinajstić information content (AvgIpc) is 2.91. The van der Waals surface area contributed by atoms with Crippen LogP contribution in [0.3, 0.4) is 0 Å². The Morgan fingerprint density at radius 3 is 2.67 bits per heavy atom. The molecule has 0 spiro atoms. The lowest BCUT2D eigenvalue weighted by Gasteiger charge is -2.47. The maximum atomic E-state index is 12.9. The number of carboxylic acid groups (broad SMARTS) is 1. The van der Waals surface area contributed by atoms with Gasteiger partial charge in [-0.25, -0.2) is 4.79 Å². The monoisotopic (exact) mass is 307 g/mol. The number of aliphatic carboxylic acids is 1. The van der Waals surface area contributed by atoms with Crippen LogP contribution >= 0.6 is 11.3 Å². The summed E-state index contributed by atoms with van der Waals surface area (Å²) in [5, 5.41) is 11.4. The summed E-state index contributed by atoms with van der Waals surface area (Å²) in [6.07, 6.45) is 5.91. The predicted molar refractivity (Wildman–Crippen MR) is 81.6 cm³/mol. The molecule has 114 valence electrons. The Bertz CT molecular complexity index is 553. The van der Waals surface area contributed by atoms with Gasteiger partial charge in [-0.15, -0.1) is 11.3 Å². The molecule has 1 aliphatic carbocycles. The van der Waals surface area contributed by atoms with Crippen molar-refractivity contribution in [3.05, 3.63) is 21.9 Å². The number of thiophene rings is 1. The minimum absolute atomic E-state index is 0.0773. The van der Waals surface area contributed by atoms with Gasteiger partial charge >= 0.3 is 5.97 Å². The summed E-state index contributed by atoms with van der Waals surface area (Å²) in [4.78, 5) is 26.9. The molecule has 1 N–H and O–H groups in total. The van der Waals surface area contributed by atoms with Crippen LogP contribution in [0.2, 0.25) is 0 Å². The lowest BCUT2D eigenvalue weighted by atomic mass is 9.76. The first kappa shape index (κ1) is 14.6. The van der Waals surface area contributed by atoms with Crippen LogP contribution < -0.4 is 0 Å². The van der Waals surface area contributed by atoms with Crippen molar-refractivity contribution < 1.29 is 14.7 Å². The van der Waals surface area contributed by atoms with Gasteiger partial charge in [-0.1, -0.05) is 12.8 Å². The van der Waals surface area contributed by atoms with E-state index in [9.17, 15) is 14.7 Å². The minimum Gasteiger partial charge on any atom is -0.480 e. The fourth-order valence-corrected chi connectivity index (χ4v) is 4.75. The first-order valence-corrected chi connectivity index (χ1v) is 8.57. The van der Waals surface area contributed by atoms with E-state index in [1.165, 1.54) is 17.8 Å². The molecule has 1 aromatic heterocycles. The Morgan fingerprint density at radius 2 is 2.00 bits per heavy atom. The lowest BCUT2D eigenvalue weighted by molar-refractivity contribution is -0.146. The van der Waals surface area contributed by atoms with Crippen LogP contribution in [0, 0.1) is 12.8 Å². The van der Waals surface area contributed by atoms with Crippen LogP contribution in [-0.4, -0.2) is 34.0 Å². The molecule has 2 aliphatic rings. The summed E-state index contributed by atoms with van der Waals surface area (Å²) >= 11 is 1.42. The zero-order valence-electron chi connectivity index (χ0n) is 12.2. The number of amides is 1. The van der Waals surface area contributed by atoms with E-state index in [1.54, 1.807) is 4.90 Å². The van der Waals surface area contributed by atoms with Gasteiger partial charge in [0.2, 0.25) is 0 Å². The molecule has 1 amide bonds. The van der Waals surface area contributed by atoms with E-state index in [2.05, 4.69) is 0 Å². The molecule has 2 heterocycles. The largest absolute Gasteiger partial charge is 0.480 e. The van der Waals surface area contributed by atoms with Crippen molar-refractivity contribution in [2.75, 3.05) is 0 Å². The van der Waals surface area contributed by atoms with Crippen molar-refractivity contribution in [2.24, 2.45) is 5.92 Å². The van der Waals surface area contributed by atoms with Gasteiger partial charge in [-0.05, 0) is 55.5 Å². The Kier molecular flexibility index (Phi) is 4.02. The van der Waals surface area contributed by atoms with Crippen molar-refractivity contribution in [1.29, 1.82) is 0 Å². The molecule has 1 saturated heterocycles. The summed E-state index contributed by atoms with van der Waals surface area (Å²) in [5.41, 5.74) is 0.951. The maximum Gasteiger partial charge on any atom is 0.326 e. The Morgan fingerprint density at radius 1 is 1.24 bits per heavy atom. The number of likely N-dealkylation sites (tertiary alicyclic amines) is 1. The molecule has 5 heteroatoms. The third-order valence-electron chi connectivity index (χ3n) is 4.95. The third kappa shape index (κ3) is 2.59. The van der Waals surface area contributed by atoms with Crippen molar-refractivity contribution in [3.8, 4) is 0 Å². The zero-order valence-corrected chi connectivity index (χ0v) is 13.1. The van der Waals surface area contributed by atoms with Gasteiger partial charge in [-0.3, -0.25) is 4.79 Å². The second-order valence-electron chi connectivity index (χ2n) is 6.19. The van der Waals surface area contributed by atoms with Gasteiger partial charge < -0.3 is 10.0 Å². The van der Waals surface area contributed by atoms with E-state index >= 15 is 0 Å². The van der Waals surface area contributed by atoms with Gasteiger partial charge in [0.25, 0.3) is 5.91 Å². The zero-order chi connectivity index (χ0) is 15.0. The molecule has 3 rings (SSSR count). The highest BCUT2D eigenvalue weighted by molar-refractivity contribution is 7.12. The van der Waals surface area contributed by atoms with Crippen molar-refractivity contribution in [2.45, 2.75) is 57.5 Å². The SMILES string of the molecule is Cc1ccsc1C(=O)N1C(C(=O)O)CCC2CCCCC21. The van der Waals surface area contributed by atoms with Crippen molar-refractivity contribution in [3.63, 3.8) is 0 Å². The summed E-state index contributed by atoms with van der Waals surface area (Å²) in [6, 6.07) is 1.39. The fourth-order valence-electron chi connectivity index (χ4n) is 3.88. The van der Waals surface area contributed by atoms with Gasteiger partial charge in [0, 0.05) is 6.04 Å². The number of hydrogen-bond donors (Lipinski definition) is 1. The number of aryl methyl sites for hydroxylation is 1. The fraction of sp³-hybridized carbons (Fsp3) is 0.625. The molecule has 21 heavy (non-hydrogen) atoms. The summed E-state index contributed by atoms with van der Waals surface area (Å²) in [5.74, 6) is -0.452. The van der Waals surface area contributed by atoms with E-state index in [4.69, 9.17) is 0 Å². The third-order valence-corrected chi connectivity index (χ3v) is 5.95. The minimum atomic E-state index is -0.860. The van der Waals surface area contributed by atoms with Crippen LogP contribution in [-0.2, 0) is 4.79 Å². The Balaban J connectivity index is 1.94. The van der Waals surface area contributed by atoms with Gasteiger partial charge in [-0.2, -0.15) is 0 Å². The second-order valence-corrected chi connectivity index (χ2v) is 7.10. The summed E-state index contributed by atoms with van der Waals surface area (Å²) in [6.45, 7) is 1.92. The molecule has 0 bridgehead atoms. The molecule has 0 radical (unpaired) electrons. The number of nitrogens with zero attached hydrogens (tertiary/aromatic N) is 1. The van der Waals surface area contributed by atoms with Crippen LogP contribution in [0.4, 0.5) is 0 Å².